The van der Waals surface area contributed by atoms with E-state index in [0.717, 1.165) is 15.3 Å². The lowest BCUT2D eigenvalue weighted by atomic mass is 10.0. The zero-order valence-electron chi connectivity index (χ0n) is 41.6. The molecule has 0 atom stereocenters. The average molecular weight is 657 g/mol. The molecule has 0 saturated carbocycles. The lowest BCUT2D eigenvalue weighted by Crippen LogP contribution is -2.02. The van der Waals surface area contributed by atoms with Crippen molar-refractivity contribution in [2.45, 2.75) is 0 Å². The van der Waals surface area contributed by atoms with Crippen LogP contribution in [0.4, 0.5) is 0 Å². The Morgan fingerprint density at radius 2 is 1.14 bits per heavy atom. The first-order chi connectivity index (χ1) is 31.4. The molecule has 0 aliphatic heterocycles. The van der Waals surface area contributed by atoms with E-state index >= 15 is 0 Å². The Labute approximate surface area is 310 Å². The van der Waals surface area contributed by atoms with Gasteiger partial charge in [0.15, 0.2) is 17.5 Å². The summed E-state index contributed by atoms with van der Waals surface area (Å²) in [5.41, 5.74) is -1.11. The number of fused-ring (bicyclic) bond motifs is 6. The van der Waals surface area contributed by atoms with Gasteiger partial charge in [-0.1, -0.05) is 133 Å². The Balaban J connectivity index is 1.43. The van der Waals surface area contributed by atoms with E-state index in [-0.39, 0.29) is 39.3 Å². The molecular weight excluding hydrogens is 613 g/mol. The molecule has 10 aromatic rings. The Morgan fingerprint density at radius 1 is 0.460 bits per heavy atom. The summed E-state index contributed by atoms with van der Waals surface area (Å²) < 4.78 is 151. The molecular formula is C45H28N4O. The predicted octanol–water partition coefficient (Wildman–Crippen LogP) is 11.5. The van der Waals surface area contributed by atoms with E-state index < -0.39 is 119 Å². The van der Waals surface area contributed by atoms with Crippen molar-refractivity contribution in [1.29, 1.82) is 0 Å². The van der Waals surface area contributed by atoms with Crippen LogP contribution in [0.15, 0.2) is 174 Å². The smallest absolute Gasteiger partial charge is 0.166 e. The maximum atomic E-state index is 9.55. The van der Waals surface area contributed by atoms with Gasteiger partial charge in [0.05, 0.1) is 38.7 Å². The van der Waals surface area contributed by atoms with Gasteiger partial charge in [0.1, 0.15) is 11.2 Å². The average Bonchev–Trinajstić information content (AvgIpc) is 3.88. The highest BCUT2D eigenvalue weighted by Gasteiger charge is 2.21. The topological polar surface area (TPSA) is 56.7 Å². The first kappa shape index (κ1) is 16.5. The van der Waals surface area contributed by atoms with Crippen molar-refractivity contribution in [3.8, 4) is 51.0 Å². The van der Waals surface area contributed by atoms with Crippen LogP contribution in [0.1, 0.15) is 21.9 Å². The molecule has 0 unspecified atom stereocenters. The van der Waals surface area contributed by atoms with Gasteiger partial charge < -0.3 is 8.98 Å². The molecule has 0 radical (unpaired) electrons. The fourth-order valence-electron chi connectivity index (χ4n) is 6.18. The summed E-state index contributed by atoms with van der Waals surface area (Å²) >= 11 is 0. The van der Waals surface area contributed by atoms with Crippen LogP contribution in [0.5, 0.6) is 0 Å². The van der Waals surface area contributed by atoms with Crippen LogP contribution in [-0.4, -0.2) is 19.5 Å². The lowest BCUT2D eigenvalue weighted by Gasteiger charge is -2.16. The first-order valence-corrected chi connectivity index (χ1v) is 15.4. The van der Waals surface area contributed by atoms with Crippen LogP contribution in [0, 0.1) is 0 Å². The number of aromatic nitrogens is 4. The molecule has 234 valence electrons. The molecule has 0 N–H and O–H groups in total. The number of furan rings is 1. The number of rotatable bonds is 5. The molecule has 0 amide bonds. The Kier molecular flexibility index (Phi) is 3.76. The largest absolute Gasteiger partial charge is 0.456 e. The second-order valence-corrected chi connectivity index (χ2v) is 11.2. The van der Waals surface area contributed by atoms with E-state index in [1.165, 1.54) is 0 Å². The summed E-state index contributed by atoms with van der Waals surface area (Å²) in [5.74, 6) is -0.192. The minimum absolute atomic E-state index is 0.0450. The minimum Gasteiger partial charge on any atom is -0.456 e. The molecule has 10 rings (SSSR count). The molecule has 7 aromatic carbocycles. The van der Waals surface area contributed by atoms with Crippen LogP contribution in [0.2, 0.25) is 0 Å². The summed E-state index contributed by atoms with van der Waals surface area (Å²) in [6.45, 7) is 0. The maximum Gasteiger partial charge on any atom is 0.166 e. The summed E-state index contributed by atoms with van der Waals surface area (Å²) in [6.07, 6.45) is 0. The first-order valence-electron chi connectivity index (χ1n) is 23.4. The van der Waals surface area contributed by atoms with E-state index in [1.807, 2.05) is 30.3 Å². The fourth-order valence-corrected chi connectivity index (χ4v) is 6.18. The fraction of sp³-hybridized carbons (Fsp3) is 0. The molecule has 0 saturated heterocycles. The van der Waals surface area contributed by atoms with Crippen molar-refractivity contribution in [3.63, 3.8) is 0 Å². The van der Waals surface area contributed by atoms with Gasteiger partial charge in [-0.3, -0.25) is 0 Å². The molecule has 3 aromatic heterocycles. The van der Waals surface area contributed by atoms with Crippen LogP contribution in [0.25, 0.3) is 94.7 Å². The highest BCUT2D eigenvalue weighted by atomic mass is 16.3. The van der Waals surface area contributed by atoms with Crippen LogP contribution in [-0.2, 0) is 0 Å². The highest BCUT2D eigenvalue weighted by Crippen LogP contribution is 2.40. The Morgan fingerprint density at radius 3 is 2.04 bits per heavy atom. The Bertz CT molecular complexity index is 3770. The van der Waals surface area contributed by atoms with E-state index in [0.29, 0.717) is 22.3 Å². The monoisotopic (exact) mass is 656 g/mol. The molecule has 50 heavy (non-hydrogen) atoms. The SMILES string of the molecule is [2H]c1c([2H])c([2H])c(-c2c([2H])c([2H])c([2H])c([2H])c2-n2c3c([2H])c([2H])c([2H])c([2H])c3c3c([2H])c([2H])c([2H])c(-c4nc(-c5ccccc5)nc(-c5ccc6c(c5)oc5ccccc56)n4)c32)c([2H])c1[2H]. The van der Waals surface area contributed by atoms with Crippen LogP contribution in [0.3, 0.4) is 0 Å². The number of para-hydroxylation sites is 4. The summed E-state index contributed by atoms with van der Waals surface area (Å²) in [7, 11) is 0. The van der Waals surface area contributed by atoms with E-state index in [2.05, 4.69) is 0 Å². The Hall–Kier alpha value is -6.85. The number of benzene rings is 7. The molecule has 0 aliphatic rings. The molecule has 5 nitrogen and oxygen atoms in total. The van der Waals surface area contributed by atoms with Gasteiger partial charge in [0, 0.05) is 43.8 Å². The molecule has 0 aliphatic carbocycles. The quantitative estimate of drug-likeness (QED) is 0.185. The summed E-state index contributed by atoms with van der Waals surface area (Å²) in [6, 6.07) is 8.79. The number of hydrogen-bond donors (Lipinski definition) is 0. The lowest BCUT2D eigenvalue weighted by molar-refractivity contribution is 0.669. The predicted molar refractivity (Wildman–Crippen MR) is 203 cm³/mol. The molecule has 5 heteroatoms. The molecule has 0 spiro atoms. The van der Waals surface area contributed by atoms with Gasteiger partial charge >= 0.3 is 0 Å². The van der Waals surface area contributed by atoms with Gasteiger partial charge in [-0.25, -0.2) is 15.0 Å². The summed E-state index contributed by atoms with van der Waals surface area (Å²) in [4.78, 5) is 14.5. The van der Waals surface area contributed by atoms with Gasteiger partial charge in [-0.15, -0.1) is 0 Å². The van der Waals surface area contributed by atoms with E-state index in [9.17, 15) is 8.22 Å². The van der Waals surface area contributed by atoms with E-state index in [4.69, 9.17) is 33.1 Å². The zero-order chi connectivity index (χ0) is 46.9. The zero-order valence-corrected chi connectivity index (χ0v) is 25.6. The third kappa shape index (κ3) is 4.52. The van der Waals surface area contributed by atoms with Crippen molar-refractivity contribution < 1.29 is 26.3 Å². The number of nitrogens with zero attached hydrogens (tertiary/aromatic N) is 4. The van der Waals surface area contributed by atoms with Crippen molar-refractivity contribution in [2.75, 3.05) is 0 Å². The van der Waals surface area contributed by atoms with Crippen molar-refractivity contribution in [2.24, 2.45) is 0 Å². The molecule has 3 heterocycles. The number of hydrogen-bond acceptors (Lipinski definition) is 4. The van der Waals surface area contributed by atoms with Crippen molar-refractivity contribution >= 4 is 43.7 Å². The van der Waals surface area contributed by atoms with Crippen molar-refractivity contribution in [3.05, 3.63) is 169 Å². The van der Waals surface area contributed by atoms with Gasteiger partial charge in [-0.05, 0) is 41.9 Å². The minimum atomic E-state index is -0.872. The van der Waals surface area contributed by atoms with E-state index in [1.54, 1.807) is 42.5 Å². The van der Waals surface area contributed by atoms with Gasteiger partial charge in [0.25, 0.3) is 0 Å². The normalized spacial score (nSPS) is 16.1. The molecule has 0 fully saturated rings. The van der Waals surface area contributed by atoms with Crippen molar-refractivity contribution in [1.82, 2.24) is 19.5 Å². The van der Waals surface area contributed by atoms with Gasteiger partial charge in [-0.2, -0.15) is 0 Å². The summed E-state index contributed by atoms with van der Waals surface area (Å²) in [5, 5.41) is 0.949. The van der Waals surface area contributed by atoms with Gasteiger partial charge in [0.2, 0.25) is 0 Å². The standard InChI is InChI=1S/C45H28N4O/c1-3-14-29(15-4-1)32-18-7-10-23-38(32)49-39-24-11-8-19-33(39)36-21-13-22-37(42(36)49)45-47-43(30-16-5-2-6-17-30)46-44(48-45)31-26-27-35-34-20-9-12-25-40(34)50-41(35)28-31/h1-28H/i1D,3D,4D,7D,8D,10D,11D,13D,14D,15D,18D,19D,21D,22D,23D,24D. The maximum absolute atomic E-state index is 9.55. The second-order valence-electron chi connectivity index (χ2n) is 11.2. The molecule has 0 bridgehead atoms. The second kappa shape index (κ2) is 11.4. The third-order valence-corrected chi connectivity index (χ3v) is 8.38. The third-order valence-electron chi connectivity index (χ3n) is 8.38. The highest BCUT2D eigenvalue weighted by molar-refractivity contribution is 6.14. The van der Waals surface area contributed by atoms with Crippen LogP contribution >= 0.6 is 0 Å². The van der Waals surface area contributed by atoms with Crippen LogP contribution < -0.4 is 0 Å².